The van der Waals surface area contributed by atoms with Crippen LogP contribution in [0.2, 0.25) is 0 Å². The van der Waals surface area contributed by atoms with Gasteiger partial charge in [0.1, 0.15) is 23.8 Å². The topological polar surface area (TPSA) is 166 Å². The molecule has 0 bridgehead atoms. The lowest BCUT2D eigenvalue weighted by Crippen LogP contribution is -2.35. The highest BCUT2D eigenvalue weighted by molar-refractivity contribution is 6.15. The van der Waals surface area contributed by atoms with Crippen LogP contribution < -0.4 is 20.9 Å². The summed E-state index contributed by atoms with van der Waals surface area (Å²) in [5.41, 5.74) is 5.18. The molecule has 0 aliphatic carbocycles. The quantitative estimate of drug-likeness (QED) is 0.121. The monoisotopic (exact) mass is 816 g/mol. The molecule has 8 aromatic rings. The van der Waals surface area contributed by atoms with Crippen LogP contribution in [0.5, 0.6) is 0 Å². The lowest BCUT2D eigenvalue weighted by molar-refractivity contribution is 0.0942. The summed E-state index contributed by atoms with van der Waals surface area (Å²) in [5.74, 6) is -2.85. The molecule has 6 heterocycles. The van der Waals surface area contributed by atoms with Gasteiger partial charge in [0.2, 0.25) is 0 Å². The van der Waals surface area contributed by atoms with Crippen molar-refractivity contribution in [1.82, 2.24) is 59.1 Å². The Hall–Kier alpha value is -6.66. The van der Waals surface area contributed by atoms with Crippen molar-refractivity contribution < 1.29 is 18.4 Å². The molecule has 3 N–H and O–H groups in total. The molecule has 0 radical (unpaired) electrons. The first-order chi connectivity index (χ1) is 29.1. The van der Waals surface area contributed by atoms with E-state index in [1.165, 1.54) is 12.7 Å². The summed E-state index contributed by atoms with van der Waals surface area (Å²) in [7, 11) is 3.56. The number of fused-ring (bicyclic) bond motifs is 10. The largest absolute Gasteiger partial charge is 0.387 e. The third kappa shape index (κ3) is 6.80. The van der Waals surface area contributed by atoms with Crippen LogP contribution in [-0.2, 0) is 0 Å². The predicted octanol–water partition coefficient (Wildman–Crippen LogP) is 5.41. The Kier molecular flexibility index (Phi) is 11.1. The van der Waals surface area contributed by atoms with Crippen molar-refractivity contribution in [2.75, 3.05) is 76.7 Å². The zero-order valence-electron chi connectivity index (χ0n) is 34.3. The highest BCUT2D eigenvalue weighted by Gasteiger charge is 2.29. The minimum atomic E-state index is -1.06. The van der Waals surface area contributed by atoms with E-state index in [1.54, 1.807) is 23.8 Å². The second-order valence-electron chi connectivity index (χ2n) is 14.3. The summed E-state index contributed by atoms with van der Waals surface area (Å²) in [5, 5.41) is 10.4. The van der Waals surface area contributed by atoms with Crippen molar-refractivity contribution in [2.24, 2.45) is 0 Å². The smallest absolute Gasteiger partial charge is 0.257 e. The van der Waals surface area contributed by atoms with E-state index in [2.05, 4.69) is 73.4 Å². The highest BCUT2D eigenvalue weighted by atomic mass is 19.2. The fourth-order valence-electron chi connectivity index (χ4n) is 8.02. The molecule has 0 unspecified atom stereocenters. The van der Waals surface area contributed by atoms with Crippen molar-refractivity contribution in [3.63, 3.8) is 0 Å². The summed E-state index contributed by atoms with van der Waals surface area (Å²) >= 11 is 0. The number of nitrogens with one attached hydrogen (secondary N) is 3. The molecule has 8 rings (SSSR count). The van der Waals surface area contributed by atoms with Crippen molar-refractivity contribution >= 4 is 84.3 Å². The maximum Gasteiger partial charge on any atom is 0.257 e. The number of carbonyl (C=O) groups is 2. The van der Waals surface area contributed by atoms with Crippen LogP contribution in [0.4, 0.5) is 25.8 Å². The van der Waals surface area contributed by atoms with Gasteiger partial charge < -0.3 is 30.7 Å². The molecule has 0 fully saturated rings. The molecular formula is C42H46F2N14O2. The zero-order valence-corrected chi connectivity index (χ0v) is 34.3. The summed E-state index contributed by atoms with van der Waals surface area (Å²) in [4.78, 5) is 62.5. The standard InChI is InChI=1S/C42H46F2N14O2/c1-7-55(8-2)15-13-48-41(59)33-35(45-5)25-20-46-22-50-37(25)57-31-17-24(11-12-29(31)52-39(33)57)54(6)36-26-21-47-23-51-38(26)58-32-19-28(44)27(43)18-30(32)53-40(58)34(36)42(60)49-14-16-56(9-3)10-4/h11-12,17-23,45H,7-10,13-16H2,1-6H3,(H,48,59)(H,49,60). The Morgan fingerprint density at radius 2 is 1.22 bits per heavy atom. The Morgan fingerprint density at radius 1 is 0.683 bits per heavy atom. The number of anilines is 3. The van der Waals surface area contributed by atoms with Crippen LogP contribution in [0.3, 0.4) is 0 Å². The van der Waals surface area contributed by atoms with E-state index in [-0.39, 0.29) is 28.2 Å². The van der Waals surface area contributed by atoms with Crippen molar-refractivity contribution in [3.05, 3.63) is 78.1 Å². The van der Waals surface area contributed by atoms with Crippen molar-refractivity contribution in [3.8, 4) is 0 Å². The van der Waals surface area contributed by atoms with Gasteiger partial charge in [-0.25, -0.2) is 38.7 Å². The van der Waals surface area contributed by atoms with Gasteiger partial charge >= 0.3 is 0 Å². The Labute approximate surface area is 343 Å². The molecule has 0 spiro atoms. The Bertz CT molecular complexity index is 2940. The van der Waals surface area contributed by atoms with Gasteiger partial charge in [-0.15, -0.1) is 0 Å². The van der Waals surface area contributed by atoms with Crippen LogP contribution in [0, 0.1) is 11.6 Å². The maximum atomic E-state index is 14.8. The molecule has 0 aliphatic rings. The van der Waals surface area contributed by atoms with E-state index >= 15 is 0 Å². The molecule has 60 heavy (non-hydrogen) atoms. The van der Waals surface area contributed by atoms with E-state index in [4.69, 9.17) is 9.97 Å². The maximum absolute atomic E-state index is 14.8. The third-order valence-electron chi connectivity index (χ3n) is 11.2. The van der Waals surface area contributed by atoms with Gasteiger partial charge in [0, 0.05) is 70.5 Å². The number of nitrogens with zero attached hydrogens (tertiary/aromatic N) is 11. The van der Waals surface area contributed by atoms with E-state index in [9.17, 15) is 18.4 Å². The molecule has 0 saturated carbocycles. The summed E-state index contributed by atoms with van der Waals surface area (Å²) < 4.78 is 32.9. The van der Waals surface area contributed by atoms with E-state index in [0.717, 1.165) is 38.3 Å². The summed E-state index contributed by atoms with van der Waals surface area (Å²) in [6.45, 7) is 13.7. The van der Waals surface area contributed by atoms with E-state index in [0.29, 0.717) is 87.6 Å². The third-order valence-corrected chi connectivity index (χ3v) is 11.2. The fourth-order valence-corrected chi connectivity index (χ4v) is 8.02. The summed E-state index contributed by atoms with van der Waals surface area (Å²) in [6, 6.07) is 7.69. The first-order valence-corrected chi connectivity index (χ1v) is 20.1. The van der Waals surface area contributed by atoms with Gasteiger partial charge in [-0.3, -0.25) is 18.4 Å². The van der Waals surface area contributed by atoms with Crippen molar-refractivity contribution in [2.45, 2.75) is 27.7 Å². The number of hydrogen-bond donors (Lipinski definition) is 3. The number of pyridine rings is 2. The van der Waals surface area contributed by atoms with Crippen LogP contribution >= 0.6 is 0 Å². The van der Waals surface area contributed by atoms with Crippen molar-refractivity contribution in [1.29, 1.82) is 0 Å². The average Bonchev–Trinajstić information content (AvgIpc) is 3.83. The average molecular weight is 817 g/mol. The zero-order chi connectivity index (χ0) is 42.2. The molecule has 2 amide bonds. The SMILES string of the molecule is CCN(CC)CCNC(=O)c1c(NC)c2cncnc2n2c1nc1ccc(N(C)c3c(C(=O)NCCN(CC)CC)c4nc5cc(F)c(F)cc5n4c4ncncc34)cc12. The van der Waals surface area contributed by atoms with Crippen LogP contribution in [0.15, 0.2) is 55.4 Å². The minimum absolute atomic E-state index is 0.153. The number of imidazole rings is 2. The summed E-state index contributed by atoms with van der Waals surface area (Å²) in [6.07, 6.45) is 6.06. The first kappa shape index (κ1) is 40.1. The predicted molar refractivity (Wildman–Crippen MR) is 229 cm³/mol. The van der Waals surface area contributed by atoms with Crippen LogP contribution in [0.1, 0.15) is 48.4 Å². The molecule has 2 aromatic carbocycles. The molecule has 16 nitrogen and oxygen atoms in total. The number of aromatic nitrogens is 8. The number of hydrogen-bond acceptors (Lipinski definition) is 12. The first-order valence-electron chi connectivity index (χ1n) is 20.1. The van der Waals surface area contributed by atoms with Gasteiger partial charge in [-0.1, -0.05) is 27.7 Å². The number of carbonyl (C=O) groups excluding carboxylic acids is 2. The highest BCUT2D eigenvalue weighted by Crippen LogP contribution is 2.40. The molecule has 18 heteroatoms. The van der Waals surface area contributed by atoms with Gasteiger partial charge in [-0.05, 0) is 44.4 Å². The van der Waals surface area contributed by atoms with Crippen LogP contribution in [-0.4, -0.2) is 127 Å². The Morgan fingerprint density at radius 3 is 1.83 bits per heavy atom. The van der Waals surface area contributed by atoms with Crippen LogP contribution in [0.25, 0.3) is 55.4 Å². The Balaban J connectivity index is 1.33. The van der Waals surface area contributed by atoms with Gasteiger partial charge in [0.05, 0.1) is 44.2 Å². The number of halogens is 2. The molecule has 310 valence electrons. The molecule has 0 saturated heterocycles. The number of amides is 2. The number of likely N-dealkylation sites (N-methyl/N-ethyl adjacent to an activating group) is 2. The fraction of sp³-hybridized carbons (Fsp3) is 0.333. The minimum Gasteiger partial charge on any atom is -0.387 e. The molecular weight excluding hydrogens is 771 g/mol. The molecule has 6 aromatic heterocycles. The van der Waals surface area contributed by atoms with Gasteiger partial charge in [0.15, 0.2) is 34.2 Å². The lowest BCUT2D eigenvalue weighted by atomic mass is 10.1. The molecule has 0 atom stereocenters. The number of rotatable bonds is 15. The van der Waals surface area contributed by atoms with Gasteiger partial charge in [-0.2, -0.15) is 0 Å². The van der Waals surface area contributed by atoms with E-state index < -0.39 is 17.5 Å². The number of benzene rings is 2. The normalized spacial score (nSPS) is 12.0. The second-order valence-corrected chi connectivity index (χ2v) is 14.3. The lowest BCUT2D eigenvalue weighted by Gasteiger charge is -2.25. The van der Waals surface area contributed by atoms with E-state index in [1.807, 2.05) is 34.5 Å². The molecule has 0 aliphatic heterocycles. The second kappa shape index (κ2) is 16.5. The van der Waals surface area contributed by atoms with Gasteiger partial charge in [0.25, 0.3) is 11.8 Å².